The second-order valence-corrected chi connectivity index (χ2v) is 3.62. The molecule has 0 radical (unpaired) electrons. The van der Waals surface area contributed by atoms with Gasteiger partial charge in [-0.05, 0) is 30.2 Å². The Morgan fingerprint density at radius 2 is 2.00 bits per heavy atom. The van der Waals surface area contributed by atoms with Gasteiger partial charge < -0.3 is 5.73 Å². The summed E-state index contributed by atoms with van der Waals surface area (Å²) in [6, 6.07) is 3.01. The lowest BCUT2D eigenvalue weighted by Crippen LogP contribution is -2.34. The van der Waals surface area contributed by atoms with Gasteiger partial charge in [0.2, 0.25) is 0 Å². The molecule has 1 aromatic rings. The van der Waals surface area contributed by atoms with Crippen LogP contribution >= 0.6 is 0 Å². The molecular weight excluding hydrogens is 203 g/mol. The zero-order valence-corrected chi connectivity index (χ0v) is 8.56. The Bertz CT molecular complexity index is 335. The van der Waals surface area contributed by atoms with E-state index in [0.717, 1.165) is 18.2 Å². The largest absolute Gasteiger partial charge is 0.328 e. The number of hydrogen-bond acceptors (Lipinski definition) is 1. The van der Waals surface area contributed by atoms with E-state index in [0.29, 0.717) is 0 Å². The molecule has 84 valence electrons. The predicted octanol–water partition coefficient (Wildman–Crippen LogP) is 2.58. The fourth-order valence-corrected chi connectivity index (χ4v) is 1.36. The average Bonchev–Trinajstić information content (AvgIpc) is 2.23. The van der Waals surface area contributed by atoms with Gasteiger partial charge in [-0.25, -0.2) is 13.2 Å². The van der Waals surface area contributed by atoms with Crippen molar-refractivity contribution < 1.29 is 13.2 Å². The molecule has 0 aliphatic carbocycles. The molecule has 1 rings (SSSR count). The second kappa shape index (κ2) is 4.66. The number of hydrogen-bond donors (Lipinski definition) is 1. The fraction of sp³-hybridized carbons (Fsp3) is 0.455. The molecule has 0 amide bonds. The van der Waals surface area contributed by atoms with Gasteiger partial charge in [0.15, 0.2) is 0 Å². The van der Waals surface area contributed by atoms with Crippen LogP contribution in [0.3, 0.4) is 0 Å². The lowest BCUT2D eigenvalue weighted by atomic mass is 9.93. The second-order valence-electron chi connectivity index (χ2n) is 3.62. The van der Waals surface area contributed by atoms with Gasteiger partial charge in [-0.2, -0.15) is 0 Å². The number of halogens is 3. The Kier molecular flexibility index (Phi) is 3.74. The smallest absolute Gasteiger partial charge is 0.127 e. The van der Waals surface area contributed by atoms with Crippen LogP contribution in [-0.2, 0) is 6.42 Å². The summed E-state index contributed by atoms with van der Waals surface area (Å²) < 4.78 is 39.8. The zero-order chi connectivity index (χ0) is 11.5. The van der Waals surface area contributed by atoms with Crippen molar-refractivity contribution in [1.29, 1.82) is 0 Å². The van der Waals surface area contributed by atoms with Crippen molar-refractivity contribution in [2.24, 2.45) is 5.73 Å². The third-order valence-electron chi connectivity index (χ3n) is 2.51. The van der Waals surface area contributed by atoms with E-state index in [1.165, 1.54) is 0 Å². The normalized spacial score (nSPS) is 15.0. The molecule has 0 saturated heterocycles. The van der Waals surface area contributed by atoms with E-state index in [4.69, 9.17) is 5.73 Å². The Morgan fingerprint density at radius 3 is 2.53 bits per heavy atom. The molecule has 1 unspecified atom stereocenters. The minimum Gasteiger partial charge on any atom is -0.328 e. The average molecular weight is 217 g/mol. The maximum Gasteiger partial charge on any atom is 0.127 e. The summed E-state index contributed by atoms with van der Waals surface area (Å²) in [5.41, 5.74) is 3.64. The predicted molar refractivity (Wildman–Crippen MR) is 53.2 cm³/mol. The van der Waals surface area contributed by atoms with Gasteiger partial charge in [-0.3, -0.25) is 0 Å². The lowest BCUT2D eigenvalue weighted by Gasteiger charge is -2.21. The van der Waals surface area contributed by atoms with Crippen molar-refractivity contribution in [3.8, 4) is 0 Å². The topological polar surface area (TPSA) is 26.0 Å². The first-order valence-corrected chi connectivity index (χ1v) is 4.83. The summed E-state index contributed by atoms with van der Waals surface area (Å²) in [6.45, 7) is 1.43. The van der Waals surface area contributed by atoms with Crippen LogP contribution in [0, 0.1) is 11.6 Å². The summed E-state index contributed by atoms with van der Waals surface area (Å²) in [7, 11) is 0. The molecule has 0 saturated carbocycles. The van der Waals surface area contributed by atoms with Crippen molar-refractivity contribution in [3.63, 3.8) is 0 Å². The number of benzene rings is 1. The van der Waals surface area contributed by atoms with E-state index in [1.807, 2.05) is 0 Å². The number of nitrogens with two attached hydrogens (primary N) is 1. The van der Waals surface area contributed by atoms with Gasteiger partial charge in [-0.1, -0.05) is 6.92 Å². The van der Waals surface area contributed by atoms with E-state index in [2.05, 4.69) is 0 Å². The Morgan fingerprint density at radius 1 is 1.33 bits per heavy atom. The van der Waals surface area contributed by atoms with E-state index in [1.54, 1.807) is 6.92 Å². The van der Waals surface area contributed by atoms with E-state index in [-0.39, 0.29) is 24.9 Å². The minimum atomic E-state index is -1.66. The molecular formula is C11H14F3N. The van der Waals surface area contributed by atoms with E-state index >= 15 is 0 Å². The molecule has 15 heavy (non-hydrogen) atoms. The highest BCUT2D eigenvalue weighted by Crippen LogP contribution is 2.23. The Hall–Kier alpha value is -1.03. The van der Waals surface area contributed by atoms with Crippen molar-refractivity contribution in [1.82, 2.24) is 0 Å². The molecule has 0 spiro atoms. The van der Waals surface area contributed by atoms with Gasteiger partial charge >= 0.3 is 0 Å². The van der Waals surface area contributed by atoms with Crippen molar-refractivity contribution in [3.05, 3.63) is 35.4 Å². The standard InChI is InChI=1S/C11H14F3N/c1-2-11(14,7-15)6-8-5-9(12)3-4-10(8)13/h3-5H,2,6-7,15H2,1H3. The molecule has 0 fully saturated rings. The molecule has 0 aliphatic rings. The van der Waals surface area contributed by atoms with Gasteiger partial charge in [0, 0.05) is 13.0 Å². The molecule has 1 atom stereocenters. The van der Waals surface area contributed by atoms with Crippen LogP contribution in [0.4, 0.5) is 13.2 Å². The van der Waals surface area contributed by atoms with Crippen LogP contribution in [0.25, 0.3) is 0 Å². The third kappa shape index (κ3) is 2.96. The van der Waals surface area contributed by atoms with Crippen molar-refractivity contribution in [2.75, 3.05) is 6.54 Å². The van der Waals surface area contributed by atoms with Crippen LogP contribution in [-0.4, -0.2) is 12.2 Å². The van der Waals surface area contributed by atoms with Gasteiger partial charge in [0.1, 0.15) is 17.3 Å². The summed E-state index contributed by atoms with van der Waals surface area (Å²) >= 11 is 0. The van der Waals surface area contributed by atoms with Crippen LogP contribution in [0.15, 0.2) is 18.2 Å². The van der Waals surface area contributed by atoms with Crippen LogP contribution < -0.4 is 5.73 Å². The number of alkyl halides is 1. The molecule has 0 bridgehead atoms. The number of rotatable bonds is 4. The monoisotopic (exact) mass is 217 g/mol. The van der Waals surface area contributed by atoms with Crippen molar-refractivity contribution >= 4 is 0 Å². The summed E-state index contributed by atoms with van der Waals surface area (Å²) in [4.78, 5) is 0. The SMILES string of the molecule is CCC(F)(CN)Cc1cc(F)ccc1F. The maximum absolute atomic E-state index is 13.8. The molecule has 4 heteroatoms. The first-order chi connectivity index (χ1) is 7.00. The highest BCUT2D eigenvalue weighted by atomic mass is 19.1. The Balaban J connectivity index is 2.92. The molecule has 0 aliphatic heterocycles. The van der Waals surface area contributed by atoms with Gasteiger partial charge in [0.25, 0.3) is 0 Å². The van der Waals surface area contributed by atoms with Gasteiger partial charge in [0.05, 0.1) is 0 Å². The zero-order valence-electron chi connectivity index (χ0n) is 8.56. The Labute approximate surface area is 87.1 Å². The first kappa shape index (κ1) is 12.0. The minimum absolute atomic E-state index is 0.0322. The van der Waals surface area contributed by atoms with Crippen molar-refractivity contribution in [2.45, 2.75) is 25.4 Å². The summed E-state index contributed by atoms with van der Waals surface area (Å²) in [6.07, 6.45) is -0.0109. The van der Waals surface area contributed by atoms with E-state index < -0.39 is 17.3 Å². The van der Waals surface area contributed by atoms with Crippen LogP contribution in [0.1, 0.15) is 18.9 Å². The van der Waals surface area contributed by atoms with Crippen LogP contribution in [0.5, 0.6) is 0 Å². The first-order valence-electron chi connectivity index (χ1n) is 4.83. The third-order valence-corrected chi connectivity index (χ3v) is 2.51. The highest BCUT2D eigenvalue weighted by molar-refractivity contribution is 5.20. The molecule has 1 nitrogen and oxygen atoms in total. The molecule has 0 heterocycles. The molecule has 0 aromatic heterocycles. The quantitative estimate of drug-likeness (QED) is 0.824. The summed E-state index contributed by atoms with van der Waals surface area (Å²) in [5, 5.41) is 0. The summed E-state index contributed by atoms with van der Waals surface area (Å²) in [5.74, 6) is -1.16. The van der Waals surface area contributed by atoms with Crippen LogP contribution in [0.2, 0.25) is 0 Å². The molecule has 1 aromatic carbocycles. The van der Waals surface area contributed by atoms with Gasteiger partial charge in [-0.15, -0.1) is 0 Å². The maximum atomic E-state index is 13.8. The highest BCUT2D eigenvalue weighted by Gasteiger charge is 2.27. The molecule has 2 N–H and O–H groups in total. The van der Waals surface area contributed by atoms with E-state index in [9.17, 15) is 13.2 Å². The fourth-order valence-electron chi connectivity index (χ4n) is 1.36. The lowest BCUT2D eigenvalue weighted by molar-refractivity contribution is 0.165.